The van der Waals surface area contributed by atoms with Crippen LogP contribution < -0.4 is 10.6 Å². The fourth-order valence-corrected chi connectivity index (χ4v) is 4.79. The minimum atomic E-state index is -0.495. The van der Waals surface area contributed by atoms with Crippen LogP contribution in [0.5, 0.6) is 0 Å². The highest BCUT2D eigenvalue weighted by Crippen LogP contribution is 2.34. The Hall–Kier alpha value is -4.09. The molecule has 13 heteroatoms. The van der Waals surface area contributed by atoms with Crippen LogP contribution in [0, 0.1) is 5.82 Å². The molecule has 0 saturated carbocycles. The van der Waals surface area contributed by atoms with Crippen molar-refractivity contribution in [2.75, 3.05) is 5.32 Å². The van der Waals surface area contributed by atoms with Crippen molar-refractivity contribution in [1.29, 1.82) is 0 Å². The lowest BCUT2D eigenvalue weighted by atomic mass is 10.1. The molecule has 4 aromatic rings. The zero-order valence-corrected chi connectivity index (χ0v) is 22.0. The molecule has 2 bridgehead atoms. The summed E-state index contributed by atoms with van der Waals surface area (Å²) in [5.41, 5.74) is 2.39. The highest BCUT2D eigenvalue weighted by Gasteiger charge is 2.23. The van der Waals surface area contributed by atoms with E-state index in [9.17, 15) is 14.0 Å². The van der Waals surface area contributed by atoms with Gasteiger partial charge in [0.25, 0.3) is 0 Å². The van der Waals surface area contributed by atoms with E-state index in [1.807, 2.05) is 0 Å². The summed E-state index contributed by atoms with van der Waals surface area (Å²) in [7, 11) is 0. The average molecular weight is 569 g/mol. The Bertz CT molecular complexity index is 1540. The lowest BCUT2D eigenvalue weighted by molar-refractivity contribution is -0.117. The highest BCUT2D eigenvalue weighted by atomic mass is 35.5. The molecular formula is C26H23Cl2FN8O2. The van der Waals surface area contributed by atoms with Crippen LogP contribution in [0.2, 0.25) is 10.2 Å². The molecular weight excluding hydrogens is 546 g/mol. The Morgan fingerprint density at radius 1 is 1.15 bits per heavy atom. The summed E-state index contributed by atoms with van der Waals surface area (Å²) in [6.45, 7) is 0. The summed E-state index contributed by atoms with van der Waals surface area (Å²) in [5.74, 6) is -0.620. The van der Waals surface area contributed by atoms with Gasteiger partial charge in [-0.3, -0.25) is 9.59 Å². The average Bonchev–Trinajstić information content (AvgIpc) is 3.57. The number of imidazole rings is 1. The standard InChI is InChI=1S/C26H23Cl2FN8O2/c27-16-7-10-21(37-14-30-35-36-37)15(12-16)6-11-23(39)31-19-4-2-1-3-5-22(38)32-20-13-17(29)8-9-18(20)24-25(28)34-26(19)33-24/h6-14,19H,1-5H2,(H,31,39)(H,32,38)(H,33,34). The van der Waals surface area contributed by atoms with E-state index >= 15 is 0 Å². The number of nitrogens with one attached hydrogen (secondary N) is 3. The number of hydrogen-bond donors (Lipinski definition) is 3. The smallest absolute Gasteiger partial charge is 0.244 e. The van der Waals surface area contributed by atoms with Gasteiger partial charge in [-0.1, -0.05) is 36.0 Å². The van der Waals surface area contributed by atoms with Crippen molar-refractivity contribution in [3.63, 3.8) is 0 Å². The minimum absolute atomic E-state index is 0.212. The summed E-state index contributed by atoms with van der Waals surface area (Å²) in [5, 5.41) is 17.7. The molecule has 3 heterocycles. The number of aromatic nitrogens is 6. The number of rotatable bonds is 4. The number of anilines is 1. The van der Waals surface area contributed by atoms with Gasteiger partial charge in [0, 0.05) is 28.6 Å². The van der Waals surface area contributed by atoms with Gasteiger partial charge in [0.1, 0.15) is 28.8 Å². The molecule has 1 atom stereocenters. The van der Waals surface area contributed by atoms with Gasteiger partial charge in [0.05, 0.1) is 17.4 Å². The normalized spacial score (nSPS) is 16.1. The van der Waals surface area contributed by atoms with E-state index in [0.29, 0.717) is 46.2 Å². The predicted molar refractivity (Wildman–Crippen MR) is 145 cm³/mol. The summed E-state index contributed by atoms with van der Waals surface area (Å²) >= 11 is 12.7. The summed E-state index contributed by atoms with van der Waals surface area (Å²) in [4.78, 5) is 33.2. The Morgan fingerprint density at radius 2 is 2.03 bits per heavy atom. The zero-order chi connectivity index (χ0) is 27.4. The maximum Gasteiger partial charge on any atom is 0.244 e. The second kappa shape index (κ2) is 11.7. The molecule has 5 rings (SSSR count). The molecule has 2 amide bonds. The van der Waals surface area contributed by atoms with Crippen molar-refractivity contribution in [2.45, 2.75) is 38.1 Å². The van der Waals surface area contributed by atoms with Crippen molar-refractivity contribution in [1.82, 2.24) is 35.5 Å². The van der Waals surface area contributed by atoms with E-state index in [0.717, 1.165) is 12.8 Å². The maximum absolute atomic E-state index is 14.0. The molecule has 1 unspecified atom stereocenters. The van der Waals surface area contributed by atoms with Crippen molar-refractivity contribution < 1.29 is 14.0 Å². The zero-order valence-electron chi connectivity index (χ0n) is 20.5. The topological polar surface area (TPSA) is 130 Å². The molecule has 0 radical (unpaired) electrons. The van der Waals surface area contributed by atoms with Gasteiger partial charge in [-0.25, -0.2) is 9.37 Å². The molecule has 0 fully saturated rings. The van der Waals surface area contributed by atoms with Crippen LogP contribution in [-0.4, -0.2) is 42.0 Å². The number of hydrogen-bond acceptors (Lipinski definition) is 6. The third-order valence-electron chi connectivity index (χ3n) is 6.23. The number of benzene rings is 2. The molecule has 2 aromatic carbocycles. The van der Waals surface area contributed by atoms with Crippen LogP contribution in [0.1, 0.15) is 49.5 Å². The van der Waals surface area contributed by atoms with Crippen LogP contribution in [0.15, 0.2) is 48.8 Å². The molecule has 39 heavy (non-hydrogen) atoms. The van der Waals surface area contributed by atoms with Gasteiger partial charge in [-0.15, -0.1) is 5.10 Å². The van der Waals surface area contributed by atoms with Gasteiger partial charge in [-0.05, 0) is 65.7 Å². The lowest BCUT2D eigenvalue weighted by Gasteiger charge is -2.16. The molecule has 0 saturated heterocycles. The van der Waals surface area contributed by atoms with Crippen LogP contribution in [0.4, 0.5) is 10.1 Å². The van der Waals surface area contributed by atoms with Crippen LogP contribution in [0.25, 0.3) is 23.0 Å². The number of halogens is 3. The highest BCUT2D eigenvalue weighted by molar-refractivity contribution is 6.32. The van der Waals surface area contributed by atoms with E-state index in [1.165, 1.54) is 35.3 Å². The third-order valence-corrected chi connectivity index (χ3v) is 6.74. The van der Waals surface area contributed by atoms with Crippen molar-refractivity contribution in [3.05, 3.63) is 76.2 Å². The molecule has 10 nitrogen and oxygen atoms in total. The Labute approximate surface area is 232 Å². The Kier molecular flexibility index (Phi) is 7.99. The summed E-state index contributed by atoms with van der Waals surface area (Å²) in [6.07, 6.45) is 7.45. The number of tetrazole rings is 1. The first-order valence-corrected chi connectivity index (χ1v) is 13.0. The van der Waals surface area contributed by atoms with E-state index in [2.05, 4.69) is 36.1 Å². The predicted octanol–water partition coefficient (Wildman–Crippen LogP) is 5.27. The summed E-state index contributed by atoms with van der Waals surface area (Å²) in [6, 6.07) is 8.70. The molecule has 0 spiro atoms. The number of amides is 2. The van der Waals surface area contributed by atoms with Gasteiger partial charge in [0.15, 0.2) is 0 Å². The van der Waals surface area contributed by atoms with Gasteiger partial charge in [-0.2, -0.15) is 4.68 Å². The molecule has 200 valence electrons. The fourth-order valence-electron chi connectivity index (χ4n) is 4.36. The first-order valence-electron chi connectivity index (χ1n) is 12.2. The fraction of sp³-hybridized carbons (Fsp3) is 0.231. The van der Waals surface area contributed by atoms with Gasteiger partial charge >= 0.3 is 0 Å². The number of H-pyrrole nitrogens is 1. The number of fused-ring (bicyclic) bond motifs is 4. The van der Waals surface area contributed by atoms with E-state index in [4.69, 9.17) is 23.2 Å². The Balaban J connectivity index is 1.42. The number of aromatic amines is 1. The third kappa shape index (κ3) is 6.32. The largest absolute Gasteiger partial charge is 0.343 e. The maximum atomic E-state index is 14.0. The van der Waals surface area contributed by atoms with Gasteiger partial charge in [0.2, 0.25) is 11.8 Å². The minimum Gasteiger partial charge on any atom is -0.343 e. The molecule has 3 N–H and O–H groups in total. The number of carbonyl (C=O) groups excluding carboxylic acids is 2. The molecule has 0 aliphatic carbocycles. The first-order chi connectivity index (χ1) is 18.9. The lowest BCUT2D eigenvalue weighted by Crippen LogP contribution is -2.27. The first kappa shape index (κ1) is 26.5. The molecule has 1 aliphatic heterocycles. The van der Waals surface area contributed by atoms with E-state index in [1.54, 1.807) is 24.3 Å². The van der Waals surface area contributed by atoms with Crippen LogP contribution in [0.3, 0.4) is 0 Å². The van der Waals surface area contributed by atoms with Gasteiger partial charge < -0.3 is 15.6 Å². The molecule has 2 aromatic heterocycles. The van der Waals surface area contributed by atoms with Crippen molar-refractivity contribution in [2.24, 2.45) is 0 Å². The Morgan fingerprint density at radius 3 is 2.85 bits per heavy atom. The monoisotopic (exact) mass is 568 g/mol. The SMILES string of the molecule is O=C(C=Cc1cc(Cl)ccc1-n1cnnn1)NC1CCCCCC(=O)Nc2cc(F)ccc2-c2nc1[nH]c2Cl. The van der Waals surface area contributed by atoms with Crippen molar-refractivity contribution in [3.8, 4) is 16.9 Å². The van der Waals surface area contributed by atoms with E-state index in [-0.39, 0.29) is 29.1 Å². The quantitative estimate of drug-likeness (QED) is 0.287. The van der Waals surface area contributed by atoms with Crippen LogP contribution >= 0.6 is 23.2 Å². The second-order valence-electron chi connectivity index (χ2n) is 8.97. The van der Waals surface area contributed by atoms with E-state index < -0.39 is 11.9 Å². The van der Waals surface area contributed by atoms with Crippen molar-refractivity contribution >= 4 is 46.8 Å². The number of nitrogens with zero attached hydrogens (tertiary/aromatic N) is 5. The number of carbonyl (C=O) groups is 2. The summed E-state index contributed by atoms with van der Waals surface area (Å²) < 4.78 is 15.5. The van der Waals surface area contributed by atoms with Crippen LogP contribution in [-0.2, 0) is 9.59 Å². The molecule has 1 aliphatic rings. The second-order valence-corrected chi connectivity index (χ2v) is 9.79.